The van der Waals surface area contributed by atoms with Gasteiger partial charge < -0.3 is 5.11 Å². The van der Waals surface area contributed by atoms with Crippen LogP contribution in [0, 0.1) is 0 Å². The molecule has 60 valence electrons. The van der Waals surface area contributed by atoms with Crippen LogP contribution in [0.25, 0.3) is 0 Å². The zero-order valence-corrected chi connectivity index (χ0v) is 8.38. The van der Waals surface area contributed by atoms with Gasteiger partial charge in [-0.3, -0.25) is 0 Å². The molecule has 0 radical (unpaired) electrons. The van der Waals surface area contributed by atoms with Gasteiger partial charge in [-0.1, -0.05) is 18.2 Å². The van der Waals surface area contributed by atoms with Crippen LogP contribution in [0.15, 0.2) is 30.3 Å². The van der Waals surface area contributed by atoms with Gasteiger partial charge in [0.2, 0.25) is 0 Å². The number of phenols is 1. The summed E-state index contributed by atoms with van der Waals surface area (Å²) in [7, 11) is 0. The first-order valence-electron chi connectivity index (χ1n) is 2.13. The van der Waals surface area contributed by atoms with Gasteiger partial charge in [0.25, 0.3) is 0 Å². The maximum Gasteiger partial charge on any atom is 0.115 e. The van der Waals surface area contributed by atoms with Crippen molar-refractivity contribution in [1.29, 1.82) is 0 Å². The Kier molecular flexibility index (Phi) is 15.4. The molecular formula is C6H8Cl2ORu. The van der Waals surface area contributed by atoms with Crippen LogP contribution in [0.2, 0.25) is 0 Å². The predicted octanol–water partition coefficient (Wildman–Crippen LogP) is 2.23. The number of para-hydroxylation sites is 1. The molecule has 1 aromatic carbocycles. The second kappa shape index (κ2) is 9.22. The number of benzene rings is 1. The Morgan fingerprint density at radius 2 is 1.30 bits per heavy atom. The standard InChI is InChI=1S/C6H6O.2ClH.Ru/c7-6-4-2-1-3-5-6;;;/h1-5,7H;2*1H;. The molecule has 0 atom stereocenters. The Balaban J connectivity index is -0.000000163. The van der Waals surface area contributed by atoms with Gasteiger partial charge in [-0.05, 0) is 12.1 Å². The summed E-state index contributed by atoms with van der Waals surface area (Å²) in [6, 6.07) is 8.71. The summed E-state index contributed by atoms with van der Waals surface area (Å²) in [6.07, 6.45) is 0. The van der Waals surface area contributed by atoms with Crippen LogP contribution in [0.5, 0.6) is 5.75 Å². The molecule has 1 nitrogen and oxygen atoms in total. The van der Waals surface area contributed by atoms with Gasteiger partial charge in [-0.25, -0.2) is 0 Å². The zero-order chi connectivity index (χ0) is 5.11. The molecular weight excluding hydrogens is 260 g/mol. The van der Waals surface area contributed by atoms with Crippen LogP contribution in [0.1, 0.15) is 0 Å². The van der Waals surface area contributed by atoms with Crippen LogP contribution in [-0.2, 0) is 19.5 Å². The third-order valence-electron chi connectivity index (χ3n) is 0.756. The molecule has 0 saturated carbocycles. The minimum absolute atomic E-state index is 0. The smallest absolute Gasteiger partial charge is 0.115 e. The van der Waals surface area contributed by atoms with E-state index in [1.165, 1.54) is 0 Å². The Bertz CT molecular complexity index is 146. The first kappa shape index (κ1) is 16.7. The summed E-state index contributed by atoms with van der Waals surface area (Å²) in [6.45, 7) is 0. The van der Waals surface area contributed by atoms with Crippen LogP contribution >= 0.6 is 24.8 Å². The molecule has 1 N–H and O–H groups in total. The van der Waals surface area contributed by atoms with E-state index in [2.05, 4.69) is 0 Å². The van der Waals surface area contributed by atoms with E-state index in [1.807, 2.05) is 6.07 Å². The van der Waals surface area contributed by atoms with Crippen molar-refractivity contribution < 1.29 is 24.6 Å². The average Bonchev–Trinajstić information content (AvgIpc) is 1.69. The van der Waals surface area contributed by atoms with E-state index in [1.54, 1.807) is 24.3 Å². The fourth-order valence-corrected chi connectivity index (χ4v) is 0.428. The Morgan fingerprint density at radius 3 is 1.50 bits per heavy atom. The second-order valence-corrected chi connectivity index (χ2v) is 1.34. The number of halogens is 2. The van der Waals surface area contributed by atoms with Gasteiger partial charge >= 0.3 is 0 Å². The second-order valence-electron chi connectivity index (χ2n) is 1.34. The van der Waals surface area contributed by atoms with Crippen molar-refractivity contribution in [3.05, 3.63) is 30.3 Å². The molecule has 0 fully saturated rings. The Hall–Kier alpha value is 0.223. The number of hydrogen-bond donors (Lipinski definition) is 1. The third-order valence-corrected chi connectivity index (χ3v) is 0.756. The molecule has 1 rings (SSSR count). The average molecular weight is 268 g/mol. The Labute approximate surface area is 85.4 Å². The fourth-order valence-electron chi connectivity index (χ4n) is 0.428. The van der Waals surface area contributed by atoms with Crippen molar-refractivity contribution in [1.82, 2.24) is 0 Å². The summed E-state index contributed by atoms with van der Waals surface area (Å²) in [5.41, 5.74) is 0. The molecule has 1 aromatic rings. The Morgan fingerprint density at radius 1 is 0.900 bits per heavy atom. The molecule has 0 aliphatic heterocycles. The summed E-state index contributed by atoms with van der Waals surface area (Å²) < 4.78 is 0. The van der Waals surface area contributed by atoms with E-state index >= 15 is 0 Å². The molecule has 0 bridgehead atoms. The molecule has 0 spiro atoms. The predicted molar refractivity (Wildman–Crippen MR) is 42.6 cm³/mol. The number of hydrogen-bond acceptors (Lipinski definition) is 1. The minimum Gasteiger partial charge on any atom is -0.508 e. The van der Waals surface area contributed by atoms with Crippen LogP contribution in [0.4, 0.5) is 0 Å². The zero-order valence-electron chi connectivity index (χ0n) is 5.00. The van der Waals surface area contributed by atoms with Crippen molar-refractivity contribution in [2.24, 2.45) is 0 Å². The maximum absolute atomic E-state index is 8.63. The van der Waals surface area contributed by atoms with Crippen LogP contribution in [-0.4, -0.2) is 5.11 Å². The van der Waals surface area contributed by atoms with Gasteiger partial charge in [-0.2, -0.15) is 0 Å². The quantitative estimate of drug-likeness (QED) is 0.715. The van der Waals surface area contributed by atoms with Crippen molar-refractivity contribution >= 4 is 24.8 Å². The largest absolute Gasteiger partial charge is 0.508 e. The normalized spacial score (nSPS) is 6.00. The van der Waals surface area contributed by atoms with E-state index in [0.29, 0.717) is 5.75 Å². The first-order valence-corrected chi connectivity index (χ1v) is 2.13. The van der Waals surface area contributed by atoms with Gasteiger partial charge in [-0.15, -0.1) is 24.8 Å². The first-order chi connectivity index (χ1) is 3.39. The van der Waals surface area contributed by atoms with E-state index in [-0.39, 0.29) is 44.3 Å². The summed E-state index contributed by atoms with van der Waals surface area (Å²) in [4.78, 5) is 0. The molecule has 0 saturated heterocycles. The van der Waals surface area contributed by atoms with Gasteiger partial charge in [0.1, 0.15) is 5.75 Å². The van der Waals surface area contributed by atoms with Gasteiger partial charge in [0, 0.05) is 19.5 Å². The third kappa shape index (κ3) is 6.34. The monoisotopic (exact) mass is 268 g/mol. The van der Waals surface area contributed by atoms with Crippen LogP contribution < -0.4 is 0 Å². The number of rotatable bonds is 0. The van der Waals surface area contributed by atoms with Gasteiger partial charge in [0.15, 0.2) is 0 Å². The molecule has 0 unspecified atom stereocenters. The van der Waals surface area contributed by atoms with Crippen molar-refractivity contribution in [3.8, 4) is 5.75 Å². The fraction of sp³-hybridized carbons (Fsp3) is 0. The van der Waals surface area contributed by atoms with Crippen molar-refractivity contribution in [2.45, 2.75) is 0 Å². The number of phenolic OH excluding ortho intramolecular Hbond substituents is 1. The van der Waals surface area contributed by atoms with Crippen LogP contribution in [0.3, 0.4) is 0 Å². The molecule has 4 heteroatoms. The van der Waals surface area contributed by atoms with Gasteiger partial charge in [0.05, 0.1) is 0 Å². The molecule has 0 aromatic heterocycles. The molecule has 0 aliphatic rings. The van der Waals surface area contributed by atoms with E-state index in [0.717, 1.165) is 0 Å². The number of aromatic hydroxyl groups is 1. The molecule has 0 heterocycles. The molecule has 0 aliphatic carbocycles. The van der Waals surface area contributed by atoms with Crippen molar-refractivity contribution in [2.75, 3.05) is 0 Å². The topological polar surface area (TPSA) is 20.2 Å². The summed E-state index contributed by atoms with van der Waals surface area (Å²) in [5.74, 6) is 0.322. The van der Waals surface area contributed by atoms with Crippen molar-refractivity contribution in [3.63, 3.8) is 0 Å². The van der Waals surface area contributed by atoms with E-state index in [4.69, 9.17) is 5.11 Å². The minimum atomic E-state index is 0. The maximum atomic E-state index is 8.63. The molecule has 0 amide bonds. The summed E-state index contributed by atoms with van der Waals surface area (Å²) >= 11 is 0. The SMILES string of the molecule is Cl.Cl.Oc1ccccc1.[Ru]. The van der Waals surface area contributed by atoms with E-state index < -0.39 is 0 Å². The molecule has 10 heavy (non-hydrogen) atoms. The van der Waals surface area contributed by atoms with E-state index in [9.17, 15) is 0 Å². The summed E-state index contributed by atoms with van der Waals surface area (Å²) in [5, 5.41) is 8.63.